The van der Waals surface area contributed by atoms with Crippen LogP contribution in [0.2, 0.25) is 0 Å². The third-order valence-electron chi connectivity index (χ3n) is 2.77. The third-order valence-corrected chi connectivity index (χ3v) is 3.37. The molecule has 0 bridgehead atoms. The summed E-state index contributed by atoms with van der Waals surface area (Å²) < 4.78 is 27.1. The first-order valence-electron chi connectivity index (χ1n) is 6.20. The van der Waals surface area contributed by atoms with Gasteiger partial charge in [-0.15, -0.1) is 0 Å². The largest absolute Gasteiger partial charge is 0.379 e. The predicted molar refractivity (Wildman–Crippen MR) is 82.1 cm³/mol. The van der Waals surface area contributed by atoms with Gasteiger partial charge in [0.25, 0.3) is 0 Å². The van der Waals surface area contributed by atoms with Crippen LogP contribution in [-0.2, 0) is 11.3 Å². The third kappa shape index (κ3) is 4.26. The molecule has 0 aliphatic carbocycles. The van der Waals surface area contributed by atoms with Crippen molar-refractivity contribution in [3.63, 3.8) is 0 Å². The minimum absolute atomic E-state index is 0.0882. The van der Waals surface area contributed by atoms with Crippen LogP contribution >= 0.6 is 15.9 Å². The zero-order valence-corrected chi connectivity index (χ0v) is 12.8. The average molecular weight is 355 g/mol. The van der Waals surface area contributed by atoms with Gasteiger partial charge in [-0.05, 0) is 39.7 Å². The van der Waals surface area contributed by atoms with Crippen molar-refractivity contribution in [1.82, 2.24) is 0 Å². The van der Waals surface area contributed by atoms with E-state index in [1.165, 1.54) is 6.92 Å². The smallest absolute Gasteiger partial charge is 0.221 e. The first-order chi connectivity index (χ1) is 9.95. The lowest BCUT2D eigenvalue weighted by Crippen LogP contribution is -2.06. The molecule has 2 rings (SSSR count). The predicted octanol–water partition coefficient (Wildman–Crippen LogP) is 4.30. The maximum atomic E-state index is 13.6. The fourth-order valence-corrected chi connectivity index (χ4v) is 2.08. The number of rotatable bonds is 4. The van der Waals surface area contributed by atoms with Crippen LogP contribution in [0.25, 0.3) is 0 Å². The molecule has 0 atom stereocenters. The van der Waals surface area contributed by atoms with Gasteiger partial charge in [-0.2, -0.15) is 0 Å². The number of hydrogen-bond acceptors (Lipinski definition) is 2. The molecular weight excluding hydrogens is 342 g/mol. The lowest BCUT2D eigenvalue weighted by atomic mass is 10.2. The van der Waals surface area contributed by atoms with Gasteiger partial charge in [-0.25, -0.2) is 8.78 Å². The van der Waals surface area contributed by atoms with Crippen molar-refractivity contribution in [2.75, 3.05) is 10.6 Å². The lowest BCUT2D eigenvalue weighted by molar-refractivity contribution is -0.114. The Morgan fingerprint density at radius 2 is 1.81 bits per heavy atom. The number of carbonyl (C=O) groups is 1. The van der Waals surface area contributed by atoms with Crippen molar-refractivity contribution >= 4 is 33.2 Å². The normalized spacial score (nSPS) is 10.3. The van der Waals surface area contributed by atoms with Crippen LogP contribution in [0.5, 0.6) is 0 Å². The molecule has 0 aliphatic heterocycles. The van der Waals surface area contributed by atoms with Crippen molar-refractivity contribution in [3.8, 4) is 0 Å². The van der Waals surface area contributed by atoms with Crippen LogP contribution in [-0.4, -0.2) is 5.91 Å². The van der Waals surface area contributed by atoms with E-state index in [9.17, 15) is 13.6 Å². The molecule has 3 nitrogen and oxygen atoms in total. The van der Waals surface area contributed by atoms with Crippen LogP contribution in [0.4, 0.5) is 20.2 Å². The summed E-state index contributed by atoms with van der Waals surface area (Å²) >= 11 is 2.93. The van der Waals surface area contributed by atoms with Crippen LogP contribution in [0.3, 0.4) is 0 Å². The molecule has 0 fully saturated rings. The minimum Gasteiger partial charge on any atom is -0.379 e. The number of amides is 1. The molecule has 0 saturated carbocycles. The molecule has 2 aromatic carbocycles. The quantitative estimate of drug-likeness (QED) is 0.803. The average Bonchev–Trinajstić information content (AvgIpc) is 2.42. The Balaban J connectivity index is 2.03. The first-order valence-corrected chi connectivity index (χ1v) is 7.00. The van der Waals surface area contributed by atoms with Gasteiger partial charge in [0.15, 0.2) is 0 Å². The Morgan fingerprint density at radius 1 is 1.14 bits per heavy atom. The maximum absolute atomic E-state index is 13.6. The Kier molecular flexibility index (Phi) is 4.90. The monoisotopic (exact) mass is 354 g/mol. The van der Waals surface area contributed by atoms with E-state index in [2.05, 4.69) is 26.6 Å². The number of carbonyl (C=O) groups excluding carboxylic acids is 1. The summed E-state index contributed by atoms with van der Waals surface area (Å²) in [4.78, 5) is 10.9. The van der Waals surface area contributed by atoms with Gasteiger partial charge in [-0.1, -0.05) is 12.1 Å². The van der Waals surface area contributed by atoms with Gasteiger partial charge in [-0.3, -0.25) is 4.79 Å². The molecular formula is C15H13BrF2N2O. The molecule has 0 aromatic heterocycles. The zero-order valence-electron chi connectivity index (χ0n) is 11.2. The van der Waals surface area contributed by atoms with Crippen molar-refractivity contribution in [1.29, 1.82) is 0 Å². The highest BCUT2D eigenvalue weighted by molar-refractivity contribution is 9.10. The Morgan fingerprint density at radius 3 is 2.43 bits per heavy atom. The van der Waals surface area contributed by atoms with E-state index in [1.807, 2.05) is 0 Å². The fourth-order valence-electron chi connectivity index (χ4n) is 1.76. The molecule has 0 heterocycles. The fraction of sp³-hybridized carbons (Fsp3) is 0.133. The second-order valence-corrected chi connectivity index (χ2v) is 5.33. The highest BCUT2D eigenvalue weighted by Crippen LogP contribution is 2.23. The summed E-state index contributed by atoms with van der Waals surface area (Å²) in [6.07, 6.45) is 0. The molecule has 0 spiro atoms. The van der Waals surface area contributed by atoms with Gasteiger partial charge in [0.2, 0.25) is 5.91 Å². The number of halogens is 3. The second kappa shape index (κ2) is 6.67. The van der Waals surface area contributed by atoms with E-state index in [1.54, 1.807) is 24.3 Å². The highest BCUT2D eigenvalue weighted by Gasteiger charge is 2.08. The summed E-state index contributed by atoms with van der Waals surface area (Å²) in [6, 6.07) is 9.27. The van der Waals surface area contributed by atoms with E-state index >= 15 is 0 Å². The molecule has 6 heteroatoms. The Labute approximate surface area is 129 Å². The van der Waals surface area contributed by atoms with E-state index < -0.39 is 11.6 Å². The van der Waals surface area contributed by atoms with Crippen LogP contribution in [0.1, 0.15) is 12.5 Å². The number of nitrogens with one attached hydrogen (secondary N) is 2. The molecule has 2 aromatic rings. The highest BCUT2D eigenvalue weighted by atomic mass is 79.9. The lowest BCUT2D eigenvalue weighted by Gasteiger charge is -2.09. The van der Waals surface area contributed by atoms with Gasteiger partial charge in [0.05, 0.1) is 10.2 Å². The Bertz CT molecular complexity index is 659. The maximum Gasteiger partial charge on any atom is 0.221 e. The van der Waals surface area contributed by atoms with Crippen molar-refractivity contribution in [3.05, 3.63) is 58.1 Å². The van der Waals surface area contributed by atoms with Gasteiger partial charge >= 0.3 is 0 Å². The van der Waals surface area contributed by atoms with E-state index in [4.69, 9.17) is 0 Å². The van der Waals surface area contributed by atoms with E-state index in [0.717, 1.165) is 17.7 Å². The van der Waals surface area contributed by atoms with Crippen molar-refractivity contribution in [2.24, 2.45) is 0 Å². The molecule has 1 amide bonds. The van der Waals surface area contributed by atoms with E-state index in [-0.39, 0.29) is 16.1 Å². The summed E-state index contributed by atoms with van der Waals surface area (Å²) in [5, 5.41) is 5.49. The van der Waals surface area contributed by atoms with Gasteiger partial charge < -0.3 is 10.6 Å². The second-order valence-electron chi connectivity index (χ2n) is 4.48. The molecule has 0 aliphatic rings. The topological polar surface area (TPSA) is 41.1 Å². The molecule has 110 valence electrons. The van der Waals surface area contributed by atoms with Crippen LogP contribution in [0.15, 0.2) is 40.9 Å². The molecule has 0 unspecified atom stereocenters. The summed E-state index contributed by atoms with van der Waals surface area (Å²) in [7, 11) is 0. The van der Waals surface area contributed by atoms with Crippen molar-refractivity contribution in [2.45, 2.75) is 13.5 Å². The molecule has 2 N–H and O–H groups in total. The zero-order chi connectivity index (χ0) is 15.4. The van der Waals surface area contributed by atoms with Gasteiger partial charge in [0, 0.05) is 25.2 Å². The van der Waals surface area contributed by atoms with E-state index in [0.29, 0.717) is 12.2 Å². The van der Waals surface area contributed by atoms with Crippen molar-refractivity contribution < 1.29 is 13.6 Å². The number of benzene rings is 2. The van der Waals surface area contributed by atoms with Gasteiger partial charge in [0.1, 0.15) is 11.6 Å². The summed E-state index contributed by atoms with van der Waals surface area (Å²) in [5.41, 5.74) is 1.67. The van der Waals surface area contributed by atoms with Crippen LogP contribution < -0.4 is 10.6 Å². The summed E-state index contributed by atoms with van der Waals surface area (Å²) in [6.45, 7) is 1.78. The standard InChI is InChI=1S/C15H13BrF2N2O/c1-9(21)20-11-4-2-10(3-5-11)8-19-15-7-13(17)12(16)6-14(15)18/h2-7,19H,8H2,1H3,(H,20,21). The Hall–Kier alpha value is -1.95. The number of anilines is 2. The SMILES string of the molecule is CC(=O)Nc1ccc(CNc2cc(F)c(Br)cc2F)cc1. The van der Waals surface area contributed by atoms with Crippen LogP contribution in [0, 0.1) is 11.6 Å². The number of hydrogen-bond donors (Lipinski definition) is 2. The molecule has 0 radical (unpaired) electrons. The minimum atomic E-state index is -0.529. The first kappa shape index (κ1) is 15.4. The summed E-state index contributed by atoms with van der Waals surface area (Å²) in [5.74, 6) is -1.20. The molecule has 21 heavy (non-hydrogen) atoms. The molecule has 0 saturated heterocycles.